The SMILES string of the molecule is CCOc1ccc(N2C(=O)NC(=O)/C(=C/c3cc(Br)c(OCc4ccc(Cl)cc4)c(OCC)c3)C2=O)cc1. The number of halogens is 2. The third kappa shape index (κ3) is 6.17. The van der Waals surface area contributed by atoms with E-state index in [2.05, 4.69) is 21.2 Å². The number of carbonyl (C=O) groups is 3. The van der Waals surface area contributed by atoms with Crippen LogP contribution in [-0.2, 0) is 16.2 Å². The van der Waals surface area contributed by atoms with E-state index in [-0.39, 0.29) is 12.2 Å². The standard InChI is InChI=1S/C28H24BrClN2O6/c1-3-36-21-11-9-20(10-12-21)32-27(34)22(26(33)31-28(32)35)13-18-14-23(29)25(24(15-18)37-4-2)38-16-17-5-7-19(30)8-6-17/h5-15H,3-4,16H2,1-2H3,(H,31,33,35)/b22-13-. The van der Waals surface area contributed by atoms with Gasteiger partial charge in [0, 0.05) is 5.02 Å². The molecule has 1 aliphatic heterocycles. The third-order valence-corrected chi connectivity index (χ3v) is 6.29. The highest BCUT2D eigenvalue weighted by Crippen LogP contribution is 2.38. The molecule has 0 atom stereocenters. The summed E-state index contributed by atoms with van der Waals surface area (Å²) in [5.41, 5.74) is 1.51. The zero-order chi connectivity index (χ0) is 27.2. The Balaban J connectivity index is 1.63. The maximum atomic E-state index is 13.3. The highest BCUT2D eigenvalue weighted by molar-refractivity contribution is 9.10. The normalized spacial score (nSPS) is 14.5. The summed E-state index contributed by atoms with van der Waals surface area (Å²) < 4.78 is 17.8. The van der Waals surface area contributed by atoms with Gasteiger partial charge in [-0.05, 0) is 95.5 Å². The van der Waals surface area contributed by atoms with Crippen molar-refractivity contribution in [1.29, 1.82) is 0 Å². The lowest BCUT2D eigenvalue weighted by Crippen LogP contribution is -2.54. The topological polar surface area (TPSA) is 94.2 Å². The van der Waals surface area contributed by atoms with Crippen LogP contribution >= 0.6 is 27.5 Å². The van der Waals surface area contributed by atoms with Crippen LogP contribution < -0.4 is 24.4 Å². The van der Waals surface area contributed by atoms with Crippen LogP contribution in [0.4, 0.5) is 10.5 Å². The molecule has 1 fully saturated rings. The monoisotopic (exact) mass is 598 g/mol. The number of nitrogens with one attached hydrogen (secondary N) is 1. The van der Waals surface area contributed by atoms with Crippen LogP contribution in [0.15, 0.2) is 70.7 Å². The predicted molar refractivity (Wildman–Crippen MR) is 148 cm³/mol. The molecule has 38 heavy (non-hydrogen) atoms. The Bertz CT molecular complexity index is 1390. The Labute approximate surface area is 233 Å². The average Bonchev–Trinajstić information content (AvgIpc) is 2.88. The first kappa shape index (κ1) is 27.2. The zero-order valence-electron chi connectivity index (χ0n) is 20.6. The summed E-state index contributed by atoms with van der Waals surface area (Å²) in [6, 6.07) is 16.3. The van der Waals surface area contributed by atoms with Crippen molar-refractivity contribution in [3.63, 3.8) is 0 Å². The second kappa shape index (κ2) is 12.1. The van der Waals surface area contributed by atoms with Gasteiger partial charge in [-0.2, -0.15) is 0 Å². The van der Waals surface area contributed by atoms with Crippen molar-refractivity contribution in [3.05, 3.63) is 86.9 Å². The van der Waals surface area contributed by atoms with Gasteiger partial charge >= 0.3 is 6.03 Å². The van der Waals surface area contributed by atoms with E-state index in [1.165, 1.54) is 6.08 Å². The highest BCUT2D eigenvalue weighted by Gasteiger charge is 2.37. The van der Waals surface area contributed by atoms with Crippen molar-refractivity contribution in [2.24, 2.45) is 0 Å². The van der Waals surface area contributed by atoms with Crippen molar-refractivity contribution in [2.45, 2.75) is 20.5 Å². The summed E-state index contributed by atoms with van der Waals surface area (Å²) in [6.07, 6.45) is 1.40. The number of nitrogens with zero attached hydrogens (tertiary/aromatic N) is 1. The van der Waals surface area contributed by atoms with E-state index in [4.69, 9.17) is 25.8 Å². The largest absolute Gasteiger partial charge is 0.494 e. The van der Waals surface area contributed by atoms with Gasteiger partial charge in [0.25, 0.3) is 11.8 Å². The third-order valence-electron chi connectivity index (χ3n) is 5.45. The lowest BCUT2D eigenvalue weighted by atomic mass is 10.1. The van der Waals surface area contributed by atoms with Gasteiger partial charge < -0.3 is 14.2 Å². The number of amides is 4. The summed E-state index contributed by atoms with van der Waals surface area (Å²) in [4.78, 5) is 39.4. The molecule has 1 aliphatic rings. The first-order chi connectivity index (χ1) is 18.3. The Morgan fingerprint density at radius 1 is 0.921 bits per heavy atom. The molecule has 3 aromatic rings. The molecular formula is C28H24BrClN2O6. The lowest BCUT2D eigenvalue weighted by molar-refractivity contribution is -0.122. The number of benzene rings is 3. The highest BCUT2D eigenvalue weighted by atomic mass is 79.9. The molecule has 4 rings (SSSR count). The molecule has 0 aliphatic carbocycles. The van der Waals surface area contributed by atoms with Crippen LogP contribution in [0.5, 0.6) is 17.2 Å². The zero-order valence-corrected chi connectivity index (χ0v) is 23.0. The molecular weight excluding hydrogens is 576 g/mol. The molecule has 1 saturated heterocycles. The second-order valence-electron chi connectivity index (χ2n) is 8.06. The van der Waals surface area contributed by atoms with Crippen molar-refractivity contribution in [1.82, 2.24) is 5.32 Å². The van der Waals surface area contributed by atoms with Gasteiger partial charge in [-0.3, -0.25) is 14.9 Å². The van der Waals surface area contributed by atoms with Crippen molar-refractivity contribution in [3.8, 4) is 17.2 Å². The number of urea groups is 1. The Kier molecular flexibility index (Phi) is 8.70. The minimum atomic E-state index is -0.830. The molecule has 0 radical (unpaired) electrons. The van der Waals surface area contributed by atoms with Gasteiger partial charge in [-0.25, -0.2) is 9.69 Å². The van der Waals surface area contributed by atoms with E-state index in [9.17, 15) is 14.4 Å². The number of anilines is 1. The maximum Gasteiger partial charge on any atom is 0.335 e. The van der Waals surface area contributed by atoms with Crippen molar-refractivity contribution in [2.75, 3.05) is 18.1 Å². The number of carbonyl (C=O) groups excluding carboxylic acids is 3. The van der Waals surface area contributed by atoms with Crippen LogP contribution in [0.2, 0.25) is 5.02 Å². The summed E-state index contributed by atoms with van der Waals surface area (Å²) in [7, 11) is 0. The van der Waals surface area contributed by atoms with Gasteiger partial charge in [0.2, 0.25) is 0 Å². The molecule has 10 heteroatoms. The number of hydrogen-bond donors (Lipinski definition) is 1. The van der Waals surface area contributed by atoms with Crippen LogP contribution in [-0.4, -0.2) is 31.1 Å². The molecule has 0 bridgehead atoms. The fraction of sp³-hybridized carbons (Fsp3) is 0.179. The van der Waals surface area contributed by atoms with E-state index in [1.54, 1.807) is 48.5 Å². The van der Waals surface area contributed by atoms with Gasteiger partial charge in [0.05, 0.1) is 23.4 Å². The summed E-state index contributed by atoms with van der Waals surface area (Å²) in [6.45, 7) is 4.81. The number of imide groups is 2. The van der Waals surface area contributed by atoms with E-state index in [1.807, 2.05) is 26.0 Å². The van der Waals surface area contributed by atoms with Crippen LogP contribution in [0.3, 0.4) is 0 Å². The molecule has 8 nitrogen and oxygen atoms in total. The quantitative estimate of drug-likeness (QED) is 0.234. The minimum Gasteiger partial charge on any atom is -0.494 e. The maximum absolute atomic E-state index is 13.3. The van der Waals surface area contributed by atoms with Crippen LogP contribution in [0, 0.1) is 0 Å². The van der Waals surface area contributed by atoms with Gasteiger partial charge in [-0.1, -0.05) is 23.7 Å². The van der Waals surface area contributed by atoms with Crippen molar-refractivity contribution < 1.29 is 28.6 Å². The molecule has 0 saturated carbocycles. The molecule has 1 N–H and O–H groups in total. The average molecular weight is 600 g/mol. The van der Waals surface area contributed by atoms with E-state index in [0.717, 1.165) is 10.5 Å². The molecule has 0 spiro atoms. The molecule has 1 heterocycles. The summed E-state index contributed by atoms with van der Waals surface area (Å²) in [5, 5.41) is 2.86. The van der Waals surface area contributed by atoms with Gasteiger partial charge in [0.15, 0.2) is 11.5 Å². The molecule has 4 amide bonds. The van der Waals surface area contributed by atoms with Gasteiger partial charge in [-0.15, -0.1) is 0 Å². The predicted octanol–water partition coefficient (Wildman–Crippen LogP) is 6.15. The lowest BCUT2D eigenvalue weighted by Gasteiger charge is -2.26. The first-order valence-corrected chi connectivity index (χ1v) is 13.0. The molecule has 3 aromatic carbocycles. The first-order valence-electron chi connectivity index (χ1n) is 11.8. The summed E-state index contributed by atoms with van der Waals surface area (Å²) in [5.74, 6) is -0.0561. The fourth-order valence-electron chi connectivity index (χ4n) is 3.73. The van der Waals surface area contributed by atoms with E-state index in [0.29, 0.717) is 51.2 Å². The number of hydrogen-bond acceptors (Lipinski definition) is 6. The minimum absolute atomic E-state index is 0.206. The van der Waals surface area contributed by atoms with Crippen molar-refractivity contribution >= 4 is 57.1 Å². The summed E-state index contributed by atoms with van der Waals surface area (Å²) >= 11 is 9.46. The molecule has 0 unspecified atom stereocenters. The van der Waals surface area contributed by atoms with Crippen LogP contribution in [0.1, 0.15) is 25.0 Å². The molecule has 196 valence electrons. The van der Waals surface area contributed by atoms with Crippen LogP contribution in [0.25, 0.3) is 6.08 Å². The second-order valence-corrected chi connectivity index (χ2v) is 9.35. The number of barbiturate groups is 1. The smallest absolute Gasteiger partial charge is 0.335 e. The van der Waals surface area contributed by atoms with E-state index < -0.39 is 17.8 Å². The van der Waals surface area contributed by atoms with E-state index >= 15 is 0 Å². The molecule has 0 aromatic heterocycles. The number of ether oxygens (including phenoxy) is 3. The van der Waals surface area contributed by atoms with Gasteiger partial charge in [0.1, 0.15) is 17.9 Å². The Morgan fingerprint density at radius 3 is 2.26 bits per heavy atom. The Hall–Kier alpha value is -3.82. The Morgan fingerprint density at radius 2 is 1.61 bits per heavy atom. The number of rotatable bonds is 9. The fourth-order valence-corrected chi connectivity index (χ4v) is 4.43.